The van der Waals surface area contributed by atoms with Gasteiger partial charge in [0, 0.05) is 24.7 Å². The van der Waals surface area contributed by atoms with Gasteiger partial charge in [-0.15, -0.1) is 0 Å². The van der Waals surface area contributed by atoms with E-state index in [1.807, 2.05) is 6.19 Å². The van der Waals surface area contributed by atoms with Crippen molar-refractivity contribution in [1.82, 2.24) is 10.3 Å². The fourth-order valence-electron chi connectivity index (χ4n) is 3.15. The number of hydrogen-bond donors (Lipinski definition) is 1. The summed E-state index contributed by atoms with van der Waals surface area (Å²) in [6, 6.07) is 10.8. The molecule has 122 valence electrons. The summed E-state index contributed by atoms with van der Waals surface area (Å²) in [4.78, 5) is 18.1. The third-order valence-corrected chi connectivity index (χ3v) is 4.52. The topological polar surface area (TPSA) is 102 Å². The van der Waals surface area contributed by atoms with Crippen LogP contribution < -0.4 is 15.0 Å². The third-order valence-electron chi connectivity index (χ3n) is 4.52. The van der Waals surface area contributed by atoms with Crippen molar-refractivity contribution in [3.05, 3.63) is 42.1 Å². The van der Waals surface area contributed by atoms with Crippen molar-refractivity contribution >= 4 is 11.6 Å². The van der Waals surface area contributed by atoms with Crippen LogP contribution in [0.5, 0.6) is 5.88 Å². The lowest BCUT2D eigenvalue weighted by Gasteiger charge is -2.36. The van der Waals surface area contributed by atoms with E-state index in [0.29, 0.717) is 30.8 Å². The zero-order valence-electron chi connectivity index (χ0n) is 13.2. The van der Waals surface area contributed by atoms with Gasteiger partial charge < -0.3 is 10.1 Å². The summed E-state index contributed by atoms with van der Waals surface area (Å²) in [5, 5.41) is 21.5. The summed E-state index contributed by atoms with van der Waals surface area (Å²) in [6.07, 6.45) is 4.09. The van der Waals surface area contributed by atoms with E-state index in [2.05, 4.69) is 16.4 Å². The molecular formula is C18H13N5O2. The van der Waals surface area contributed by atoms with Crippen LogP contribution in [0, 0.1) is 22.8 Å². The Kier molecular flexibility index (Phi) is 3.38. The summed E-state index contributed by atoms with van der Waals surface area (Å²) < 4.78 is 5.89. The molecule has 7 heteroatoms. The molecule has 2 aromatic rings. The van der Waals surface area contributed by atoms with Crippen LogP contribution in [0.1, 0.15) is 12.0 Å². The lowest BCUT2D eigenvalue weighted by Crippen LogP contribution is -2.56. The fraction of sp³-hybridized carbons (Fsp3) is 0.222. The number of pyridine rings is 1. The molecular weight excluding hydrogens is 318 g/mol. The second-order valence-electron chi connectivity index (χ2n) is 6.00. The van der Waals surface area contributed by atoms with E-state index in [-0.39, 0.29) is 11.8 Å². The molecule has 1 amide bonds. The van der Waals surface area contributed by atoms with Crippen LogP contribution in [-0.2, 0) is 4.79 Å². The average molecular weight is 331 g/mol. The molecule has 2 aliphatic heterocycles. The molecule has 1 atom stereocenters. The number of rotatable bonds is 1. The maximum atomic E-state index is 12.7. The number of nitrogens with zero attached hydrogens (tertiary/aromatic N) is 4. The number of nitriles is 2. The third kappa shape index (κ3) is 2.30. The van der Waals surface area contributed by atoms with Crippen molar-refractivity contribution in [2.45, 2.75) is 12.0 Å². The summed E-state index contributed by atoms with van der Waals surface area (Å²) in [5.41, 5.74) is 1.42. The minimum absolute atomic E-state index is 0.280. The van der Waals surface area contributed by atoms with Crippen LogP contribution in [0.4, 0.5) is 5.69 Å². The molecule has 0 saturated carbocycles. The quantitative estimate of drug-likeness (QED) is 0.796. The number of anilines is 1. The zero-order valence-corrected chi connectivity index (χ0v) is 13.2. The first-order valence-electron chi connectivity index (χ1n) is 7.81. The molecule has 1 saturated heterocycles. The van der Waals surface area contributed by atoms with Gasteiger partial charge in [-0.05, 0) is 30.3 Å². The largest absolute Gasteiger partial charge is 0.458 e. The van der Waals surface area contributed by atoms with E-state index in [4.69, 9.17) is 10.00 Å². The first kappa shape index (κ1) is 15.1. The molecule has 0 radical (unpaired) electrons. The molecule has 1 aromatic carbocycles. The molecule has 1 spiro atoms. The number of hydrogen-bond acceptors (Lipinski definition) is 6. The van der Waals surface area contributed by atoms with Gasteiger partial charge in [0.25, 0.3) is 5.91 Å². The fourth-order valence-corrected chi connectivity index (χ4v) is 3.15. The Morgan fingerprint density at radius 3 is 2.68 bits per heavy atom. The maximum absolute atomic E-state index is 12.7. The SMILES string of the molecule is N#Cc1ccc(-c2cnc3c(c2)N(C#N)C(=O)C2(CCNC2)O3)cc1. The van der Waals surface area contributed by atoms with Gasteiger partial charge in [-0.1, -0.05) is 12.1 Å². The van der Waals surface area contributed by atoms with Gasteiger partial charge in [-0.3, -0.25) is 4.79 Å². The van der Waals surface area contributed by atoms with E-state index >= 15 is 0 Å². The molecule has 1 N–H and O–H groups in total. The molecule has 0 bridgehead atoms. The molecule has 4 rings (SSSR count). The van der Waals surface area contributed by atoms with Gasteiger partial charge in [0.05, 0.1) is 11.6 Å². The minimum Gasteiger partial charge on any atom is -0.458 e. The number of carbonyl (C=O) groups is 1. The minimum atomic E-state index is -1.05. The number of ether oxygens (including phenoxy) is 1. The second-order valence-corrected chi connectivity index (χ2v) is 6.00. The predicted molar refractivity (Wildman–Crippen MR) is 88.3 cm³/mol. The summed E-state index contributed by atoms with van der Waals surface area (Å²) in [5.74, 6) is -0.0893. The number of nitrogens with one attached hydrogen (secondary N) is 1. The zero-order chi connectivity index (χ0) is 17.4. The lowest BCUT2D eigenvalue weighted by atomic mass is 9.98. The second kappa shape index (κ2) is 5.59. The van der Waals surface area contributed by atoms with Crippen LogP contribution in [0.3, 0.4) is 0 Å². The van der Waals surface area contributed by atoms with Crippen LogP contribution in [0.15, 0.2) is 36.5 Å². The number of aromatic nitrogens is 1. The predicted octanol–water partition coefficient (Wildman–Crippen LogP) is 1.56. The molecule has 25 heavy (non-hydrogen) atoms. The standard InChI is InChI=1S/C18H13N5O2/c19-8-12-1-3-13(4-2-12)14-7-15-16(22-9-14)25-18(5-6-21-10-18)17(24)23(15)11-20/h1-4,7,9,21H,5-6,10H2. The Bertz CT molecular complexity index is 933. The van der Waals surface area contributed by atoms with Crippen LogP contribution in [-0.4, -0.2) is 29.6 Å². The van der Waals surface area contributed by atoms with Crippen molar-refractivity contribution < 1.29 is 9.53 Å². The van der Waals surface area contributed by atoms with Gasteiger partial charge in [-0.2, -0.15) is 10.5 Å². The number of benzene rings is 1. The van der Waals surface area contributed by atoms with E-state index in [0.717, 1.165) is 16.0 Å². The highest BCUT2D eigenvalue weighted by Gasteiger charge is 2.51. The first-order valence-corrected chi connectivity index (χ1v) is 7.81. The monoisotopic (exact) mass is 331 g/mol. The summed E-state index contributed by atoms with van der Waals surface area (Å²) in [6.45, 7) is 1.02. The van der Waals surface area contributed by atoms with Crippen molar-refractivity contribution in [2.75, 3.05) is 18.0 Å². The van der Waals surface area contributed by atoms with Gasteiger partial charge in [0.15, 0.2) is 6.19 Å². The molecule has 1 unspecified atom stereocenters. The van der Waals surface area contributed by atoms with Crippen molar-refractivity contribution in [2.24, 2.45) is 0 Å². The Balaban J connectivity index is 1.77. The first-order chi connectivity index (χ1) is 12.2. The Morgan fingerprint density at radius 1 is 1.24 bits per heavy atom. The van der Waals surface area contributed by atoms with E-state index in [1.54, 1.807) is 36.5 Å². The van der Waals surface area contributed by atoms with Crippen molar-refractivity contribution in [3.63, 3.8) is 0 Å². The van der Waals surface area contributed by atoms with E-state index in [1.165, 1.54) is 0 Å². The molecule has 0 aliphatic carbocycles. The van der Waals surface area contributed by atoms with Crippen LogP contribution >= 0.6 is 0 Å². The van der Waals surface area contributed by atoms with E-state index < -0.39 is 5.60 Å². The number of fused-ring (bicyclic) bond motifs is 1. The Labute approximate surface area is 144 Å². The molecule has 7 nitrogen and oxygen atoms in total. The van der Waals surface area contributed by atoms with Gasteiger partial charge in [0.2, 0.25) is 11.5 Å². The molecule has 1 fully saturated rings. The Hall–Kier alpha value is -3.42. The highest BCUT2D eigenvalue weighted by atomic mass is 16.5. The molecule has 2 aliphatic rings. The van der Waals surface area contributed by atoms with E-state index in [9.17, 15) is 10.1 Å². The summed E-state index contributed by atoms with van der Waals surface area (Å²) >= 11 is 0. The molecule has 1 aromatic heterocycles. The van der Waals surface area contributed by atoms with Crippen LogP contribution in [0.25, 0.3) is 11.1 Å². The van der Waals surface area contributed by atoms with Crippen molar-refractivity contribution in [3.8, 4) is 29.3 Å². The average Bonchev–Trinajstić information content (AvgIpc) is 3.12. The van der Waals surface area contributed by atoms with Crippen molar-refractivity contribution in [1.29, 1.82) is 10.5 Å². The Morgan fingerprint density at radius 2 is 2.04 bits per heavy atom. The van der Waals surface area contributed by atoms with Gasteiger partial charge >= 0.3 is 0 Å². The normalized spacial score (nSPS) is 21.4. The van der Waals surface area contributed by atoms with Gasteiger partial charge in [0.1, 0.15) is 5.69 Å². The highest BCUT2D eigenvalue weighted by molar-refractivity contribution is 6.05. The van der Waals surface area contributed by atoms with Gasteiger partial charge in [-0.25, -0.2) is 9.88 Å². The lowest BCUT2D eigenvalue weighted by molar-refractivity contribution is -0.133. The van der Waals surface area contributed by atoms with Crippen LogP contribution in [0.2, 0.25) is 0 Å². The number of carbonyl (C=O) groups excluding carboxylic acids is 1. The summed E-state index contributed by atoms with van der Waals surface area (Å²) in [7, 11) is 0. The highest BCUT2D eigenvalue weighted by Crippen LogP contribution is 2.40. The molecule has 3 heterocycles. The maximum Gasteiger partial charge on any atom is 0.286 e. The number of amides is 1. The smallest absolute Gasteiger partial charge is 0.286 e.